The van der Waals surface area contributed by atoms with Gasteiger partial charge in [0.1, 0.15) is 0 Å². The van der Waals surface area contributed by atoms with Crippen LogP contribution in [0.25, 0.3) is 0 Å². The molecule has 11 heavy (non-hydrogen) atoms. The lowest BCUT2D eigenvalue weighted by Gasteiger charge is -2.03. The molecular weight excluding hydrogens is 158 g/mol. The molecule has 0 saturated carbocycles. The summed E-state index contributed by atoms with van der Waals surface area (Å²) in [6.45, 7) is 4.07. The van der Waals surface area contributed by atoms with E-state index in [0.29, 0.717) is 0 Å². The minimum atomic E-state index is 0. The lowest BCUT2D eigenvalue weighted by molar-refractivity contribution is 0.818. The lowest BCUT2D eigenvalue weighted by Crippen LogP contribution is -2.04. The predicted molar refractivity (Wildman–Crippen MR) is 51.0 cm³/mol. The summed E-state index contributed by atoms with van der Waals surface area (Å²) in [5.74, 6) is 0. The molecule has 0 saturated heterocycles. The molecule has 0 aromatic heterocycles. The number of halogens is 1. The van der Waals surface area contributed by atoms with Gasteiger partial charge < -0.3 is 5.73 Å². The Hall–Kier alpha value is -0.530. The van der Waals surface area contributed by atoms with Gasteiger partial charge in [0.2, 0.25) is 0 Å². The number of hydrogen-bond acceptors (Lipinski definition) is 1. The molecule has 1 aromatic rings. The van der Waals surface area contributed by atoms with E-state index < -0.39 is 0 Å². The number of aryl methyl sites for hydroxylation is 1. The summed E-state index contributed by atoms with van der Waals surface area (Å²) in [5.41, 5.74) is 8.15. The Labute approximate surface area is 74.0 Å². The van der Waals surface area contributed by atoms with Gasteiger partial charge in [-0.2, -0.15) is 0 Å². The van der Waals surface area contributed by atoms with E-state index in [1.807, 2.05) is 6.92 Å². The molecule has 0 aliphatic rings. The Morgan fingerprint density at radius 1 is 1.18 bits per heavy atom. The van der Waals surface area contributed by atoms with Gasteiger partial charge in [0.25, 0.3) is 0 Å². The van der Waals surface area contributed by atoms with E-state index >= 15 is 0 Å². The summed E-state index contributed by atoms with van der Waals surface area (Å²) < 4.78 is 0. The largest absolute Gasteiger partial charge is 0.324 e. The van der Waals surface area contributed by atoms with Gasteiger partial charge in [-0.25, -0.2) is 0 Å². The molecular formula is C9H14ClN. The number of hydrogen-bond donors (Lipinski definition) is 1. The molecule has 0 aliphatic heterocycles. The molecule has 0 spiro atoms. The molecule has 2 N–H and O–H groups in total. The maximum absolute atomic E-state index is 5.66. The van der Waals surface area contributed by atoms with Crippen molar-refractivity contribution in [2.45, 2.75) is 19.9 Å². The maximum Gasteiger partial charge on any atom is 0.0266 e. The number of nitrogens with two attached hydrogens (primary N) is 1. The SMILES string of the molecule is Cc1ccc(C(C)N)cc1.Cl. The Kier molecular flexibility index (Phi) is 4.16. The molecule has 1 atom stereocenters. The van der Waals surface area contributed by atoms with Crippen molar-refractivity contribution >= 4 is 12.4 Å². The summed E-state index contributed by atoms with van der Waals surface area (Å²) >= 11 is 0. The van der Waals surface area contributed by atoms with Crippen LogP contribution in [-0.4, -0.2) is 0 Å². The fourth-order valence-corrected chi connectivity index (χ4v) is 0.870. The van der Waals surface area contributed by atoms with Crippen molar-refractivity contribution in [1.29, 1.82) is 0 Å². The zero-order valence-electron chi connectivity index (χ0n) is 6.87. The van der Waals surface area contributed by atoms with Crippen LogP contribution in [0.5, 0.6) is 0 Å². The lowest BCUT2D eigenvalue weighted by atomic mass is 10.1. The third-order valence-electron chi connectivity index (χ3n) is 1.60. The van der Waals surface area contributed by atoms with Gasteiger partial charge >= 0.3 is 0 Å². The molecule has 0 amide bonds. The van der Waals surface area contributed by atoms with Crippen LogP contribution in [0.2, 0.25) is 0 Å². The third kappa shape index (κ3) is 2.91. The van der Waals surface area contributed by atoms with E-state index in [1.165, 1.54) is 11.1 Å². The minimum Gasteiger partial charge on any atom is -0.324 e. The summed E-state index contributed by atoms with van der Waals surface area (Å²) in [6, 6.07) is 8.46. The Balaban J connectivity index is 0.000001000. The van der Waals surface area contributed by atoms with E-state index in [1.54, 1.807) is 0 Å². The highest BCUT2D eigenvalue weighted by Crippen LogP contribution is 2.09. The van der Waals surface area contributed by atoms with Crippen molar-refractivity contribution in [3.8, 4) is 0 Å². The predicted octanol–water partition coefficient (Wildman–Crippen LogP) is 2.44. The van der Waals surface area contributed by atoms with Crippen LogP contribution in [0.3, 0.4) is 0 Å². The normalized spacial score (nSPS) is 11.9. The molecule has 2 heteroatoms. The summed E-state index contributed by atoms with van der Waals surface area (Å²) in [5, 5.41) is 0. The van der Waals surface area contributed by atoms with Gasteiger partial charge in [-0.3, -0.25) is 0 Å². The van der Waals surface area contributed by atoms with E-state index in [2.05, 4.69) is 31.2 Å². The van der Waals surface area contributed by atoms with Crippen LogP contribution < -0.4 is 5.73 Å². The molecule has 1 nitrogen and oxygen atoms in total. The van der Waals surface area contributed by atoms with Gasteiger partial charge in [0, 0.05) is 6.04 Å². The van der Waals surface area contributed by atoms with Crippen molar-refractivity contribution in [1.82, 2.24) is 0 Å². The first kappa shape index (κ1) is 10.5. The second-order valence-electron chi connectivity index (χ2n) is 2.70. The average Bonchev–Trinajstić information content (AvgIpc) is 1.88. The highest BCUT2D eigenvalue weighted by Gasteiger charge is 1.95. The molecule has 1 rings (SSSR count). The van der Waals surface area contributed by atoms with Crippen molar-refractivity contribution in [3.05, 3.63) is 35.4 Å². The highest BCUT2D eigenvalue weighted by molar-refractivity contribution is 5.85. The zero-order chi connectivity index (χ0) is 7.56. The monoisotopic (exact) mass is 171 g/mol. The van der Waals surface area contributed by atoms with Gasteiger partial charge in [-0.05, 0) is 19.4 Å². The minimum absolute atomic E-state index is 0. The smallest absolute Gasteiger partial charge is 0.0266 e. The van der Waals surface area contributed by atoms with Crippen LogP contribution in [0.1, 0.15) is 24.1 Å². The Morgan fingerprint density at radius 3 is 2.00 bits per heavy atom. The molecule has 1 unspecified atom stereocenters. The van der Waals surface area contributed by atoms with Crippen LogP contribution in [-0.2, 0) is 0 Å². The summed E-state index contributed by atoms with van der Waals surface area (Å²) in [4.78, 5) is 0. The third-order valence-corrected chi connectivity index (χ3v) is 1.60. The number of benzene rings is 1. The molecule has 0 radical (unpaired) electrons. The van der Waals surface area contributed by atoms with Crippen molar-refractivity contribution in [2.75, 3.05) is 0 Å². The average molecular weight is 172 g/mol. The number of rotatable bonds is 1. The van der Waals surface area contributed by atoms with Gasteiger partial charge in [-0.1, -0.05) is 29.8 Å². The van der Waals surface area contributed by atoms with Crippen LogP contribution in [0, 0.1) is 6.92 Å². The van der Waals surface area contributed by atoms with Crippen molar-refractivity contribution < 1.29 is 0 Å². The summed E-state index contributed by atoms with van der Waals surface area (Å²) in [6.07, 6.45) is 0. The van der Waals surface area contributed by atoms with Crippen molar-refractivity contribution in [3.63, 3.8) is 0 Å². The van der Waals surface area contributed by atoms with E-state index in [0.717, 1.165) is 0 Å². The molecule has 0 bridgehead atoms. The topological polar surface area (TPSA) is 26.0 Å². The van der Waals surface area contributed by atoms with Crippen LogP contribution in [0.15, 0.2) is 24.3 Å². The van der Waals surface area contributed by atoms with Crippen LogP contribution in [0.4, 0.5) is 0 Å². The van der Waals surface area contributed by atoms with E-state index in [-0.39, 0.29) is 18.4 Å². The Morgan fingerprint density at radius 2 is 1.64 bits per heavy atom. The standard InChI is InChI=1S/C9H13N.ClH/c1-7-3-5-9(6-4-7)8(2)10;/h3-6,8H,10H2,1-2H3;1H. The van der Waals surface area contributed by atoms with Gasteiger partial charge in [0.15, 0.2) is 0 Å². The quantitative estimate of drug-likeness (QED) is 0.690. The highest BCUT2D eigenvalue weighted by atomic mass is 35.5. The molecule has 0 aliphatic carbocycles. The summed E-state index contributed by atoms with van der Waals surface area (Å²) in [7, 11) is 0. The Bertz CT molecular complexity index is 203. The van der Waals surface area contributed by atoms with Gasteiger partial charge in [0.05, 0.1) is 0 Å². The van der Waals surface area contributed by atoms with E-state index in [4.69, 9.17) is 5.73 Å². The zero-order valence-corrected chi connectivity index (χ0v) is 7.69. The first-order valence-corrected chi connectivity index (χ1v) is 3.52. The fraction of sp³-hybridized carbons (Fsp3) is 0.333. The molecule has 0 heterocycles. The second kappa shape index (κ2) is 4.37. The van der Waals surface area contributed by atoms with Crippen LogP contribution >= 0.6 is 12.4 Å². The fourth-order valence-electron chi connectivity index (χ4n) is 0.870. The van der Waals surface area contributed by atoms with Gasteiger partial charge in [-0.15, -0.1) is 12.4 Å². The maximum atomic E-state index is 5.66. The van der Waals surface area contributed by atoms with Crippen molar-refractivity contribution in [2.24, 2.45) is 5.73 Å². The second-order valence-corrected chi connectivity index (χ2v) is 2.70. The first-order valence-electron chi connectivity index (χ1n) is 3.52. The first-order chi connectivity index (χ1) is 4.70. The molecule has 0 fully saturated rings. The van der Waals surface area contributed by atoms with E-state index in [9.17, 15) is 0 Å². The molecule has 62 valence electrons. The molecule has 1 aromatic carbocycles.